The summed E-state index contributed by atoms with van der Waals surface area (Å²) in [4.78, 5) is 47.5. The van der Waals surface area contributed by atoms with Gasteiger partial charge >= 0.3 is 5.97 Å². The van der Waals surface area contributed by atoms with Crippen molar-refractivity contribution in [2.24, 2.45) is 0 Å². The number of aromatic hydroxyl groups is 1. The van der Waals surface area contributed by atoms with Gasteiger partial charge in [-0.05, 0) is 69.7 Å². The van der Waals surface area contributed by atoms with Gasteiger partial charge in [0.15, 0.2) is 0 Å². The first-order valence-corrected chi connectivity index (χ1v) is 13.2. The van der Waals surface area contributed by atoms with Gasteiger partial charge in [0.1, 0.15) is 11.8 Å². The first-order valence-electron chi connectivity index (χ1n) is 12.3. The van der Waals surface area contributed by atoms with E-state index in [2.05, 4.69) is 25.9 Å². The van der Waals surface area contributed by atoms with Crippen molar-refractivity contribution in [2.75, 3.05) is 18.4 Å². The van der Waals surface area contributed by atoms with Crippen LogP contribution in [-0.4, -0.2) is 58.1 Å². The van der Waals surface area contributed by atoms with E-state index in [1.165, 1.54) is 11.3 Å². The Morgan fingerprint density at radius 2 is 1.79 bits per heavy atom. The number of aryl methyl sites for hydroxylation is 3. The van der Waals surface area contributed by atoms with Gasteiger partial charge in [-0.15, -0.1) is 11.3 Å². The first kappa shape index (κ1) is 28.6. The number of phenolic OH excluding ortho intramolecular Hbond substituents is 1. The molecule has 0 aliphatic heterocycles. The standard InChI is InChI=1S/C27H33N5O5S/c1-16(2)37-26(36)21(15-29-24(34)22-11-7-13-38-22)32-25(35)23-17(3)30-27(31-18(23)4)28-12-6-9-19-8-5-10-20(33)14-19/h5,7-8,10-11,13-14,16,21,33H,6,9,12,15H2,1-4H3,(H,29,34)(H,32,35)(H,28,30,31). The molecule has 0 saturated heterocycles. The molecular formula is C27H33N5O5S. The van der Waals surface area contributed by atoms with Crippen molar-refractivity contribution in [1.82, 2.24) is 20.6 Å². The first-order chi connectivity index (χ1) is 18.1. The summed E-state index contributed by atoms with van der Waals surface area (Å²) in [6, 6.07) is 9.46. The van der Waals surface area contributed by atoms with Crippen molar-refractivity contribution < 1.29 is 24.2 Å². The highest BCUT2D eigenvalue weighted by Gasteiger charge is 2.27. The number of aromatic nitrogens is 2. The molecule has 0 bridgehead atoms. The average molecular weight is 540 g/mol. The molecule has 1 aromatic carbocycles. The minimum atomic E-state index is -1.09. The maximum Gasteiger partial charge on any atom is 0.330 e. The van der Waals surface area contributed by atoms with E-state index in [0.29, 0.717) is 28.8 Å². The zero-order valence-electron chi connectivity index (χ0n) is 21.9. The number of thiophene rings is 1. The lowest BCUT2D eigenvalue weighted by molar-refractivity contribution is -0.149. The molecule has 202 valence electrons. The number of esters is 1. The third-order valence-electron chi connectivity index (χ3n) is 5.49. The number of nitrogens with zero attached hydrogens (tertiary/aromatic N) is 2. The van der Waals surface area contributed by atoms with Crippen LogP contribution in [0.4, 0.5) is 5.95 Å². The van der Waals surface area contributed by atoms with Crippen LogP contribution in [0.25, 0.3) is 0 Å². The number of carbonyl (C=O) groups is 3. The molecule has 4 N–H and O–H groups in total. The van der Waals surface area contributed by atoms with E-state index in [1.807, 2.05) is 12.1 Å². The largest absolute Gasteiger partial charge is 0.508 e. The molecule has 0 aliphatic carbocycles. The lowest BCUT2D eigenvalue weighted by Gasteiger charge is -2.20. The van der Waals surface area contributed by atoms with Crippen LogP contribution >= 0.6 is 11.3 Å². The van der Waals surface area contributed by atoms with Crippen LogP contribution < -0.4 is 16.0 Å². The molecule has 38 heavy (non-hydrogen) atoms. The number of rotatable bonds is 12. The Hall–Kier alpha value is -3.99. The SMILES string of the molecule is Cc1nc(NCCCc2cccc(O)c2)nc(C)c1C(=O)NC(CNC(=O)c1cccs1)C(=O)OC(C)C. The molecule has 3 aromatic rings. The van der Waals surface area contributed by atoms with Crippen LogP contribution in [0.3, 0.4) is 0 Å². The lowest BCUT2D eigenvalue weighted by Crippen LogP contribution is -2.50. The van der Waals surface area contributed by atoms with Gasteiger partial charge in [0.25, 0.3) is 11.8 Å². The fraction of sp³-hybridized carbons (Fsp3) is 0.370. The number of ether oxygens (including phenoxy) is 1. The molecule has 2 amide bonds. The van der Waals surface area contributed by atoms with Gasteiger partial charge in [-0.25, -0.2) is 14.8 Å². The normalized spacial score (nSPS) is 11.6. The van der Waals surface area contributed by atoms with Crippen LogP contribution in [0, 0.1) is 13.8 Å². The second-order valence-electron chi connectivity index (χ2n) is 8.99. The van der Waals surface area contributed by atoms with Crippen molar-refractivity contribution in [3.8, 4) is 5.75 Å². The summed E-state index contributed by atoms with van der Waals surface area (Å²) in [7, 11) is 0. The Kier molecular flexibility index (Phi) is 10.2. The van der Waals surface area contributed by atoms with Crippen LogP contribution in [0.5, 0.6) is 5.75 Å². The number of benzene rings is 1. The molecule has 1 atom stereocenters. The van der Waals surface area contributed by atoms with Crippen LogP contribution in [0.1, 0.15) is 57.2 Å². The van der Waals surface area contributed by atoms with E-state index in [4.69, 9.17) is 4.74 Å². The molecule has 0 fully saturated rings. The van der Waals surface area contributed by atoms with Gasteiger partial charge in [-0.3, -0.25) is 9.59 Å². The Morgan fingerprint density at radius 3 is 2.42 bits per heavy atom. The molecule has 2 heterocycles. The molecular weight excluding hydrogens is 506 g/mol. The molecule has 11 heteroatoms. The number of hydrogen-bond donors (Lipinski definition) is 4. The van der Waals surface area contributed by atoms with Crippen molar-refractivity contribution in [1.29, 1.82) is 0 Å². The van der Waals surface area contributed by atoms with E-state index >= 15 is 0 Å². The highest BCUT2D eigenvalue weighted by molar-refractivity contribution is 7.12. The minimum Gasteiger partial charge on any atom is -0.508 e. The van der Waals surface area contributed by atoms with Gasteiger partial charge in [-0.2, -0.15) is 0 Å². The quantitative estimate of drug-likeness (QED) is 0.203. The number of hydrogen-bond acceptors (Lipinski definition) is 9. The van der Waals surface area contributed by atoms with Crippen LogP contribution in [0.2, 0.25) is 0 Å². The number of anilines is 1. The molecule has 10 nitrogen and oxygen atoms in total. The van der Waals surface area contributed by atoms with Crippen molar-refractivity contribution in [3.63, 3.8) is 0 Å². The molecule has 2 aromatic heterocycles. The van der Waals surface area contributed by atoms with Gasteiger partial charge in [0.2, 0.25) is 5.95 Å². The van der Waals surface area contributed by atoms with Crippen molar-refractivity contribution in [3.05, 3.63) is 69.2 Å². The Labute approximate surface area is 225 Å². The topological polar surface area (TPSA) is 143 Å². The Bertz CT molecular complexity index is 1240. The van der Waals surface area contributed by atoms with Crippen molar-refractivity contribution >= 4 is 35.1 Å². The summed E-state index contributed by atoms with van der Waals surface area (Å²) in [5.41, 5.74) is 2.18. The second kappa shape index (κ2) is 13.5. The predicted octanol–water partition coefficient (Wildman–Crippen LogP) is 3.39. The summed E-state index contributed by atoms with van der Waals surface area (Å²) >= 11 is 1.28. The number of amides is 2. The molecule has 0 radical (unpaired) electrons. The molecule has 0 aliphatic rings. The van der Waals surface area contributed by atoms with Crippen molar-refractivity contribution in [2.45, 2.75) is 52.7 Å². The third-order valence-corrected chi connectivity index (χ3v) is 6.36. The lowest BCUT2D eigenvalue weighted by atomic mass is 10.1. The summed E-state index contributed by atoms with van der Waals surface area (Å²) in [5.74, 6) is -0.894. The molecule has 1 unspecified atom stereocenters. The van der Waals surface area contributed by atoms with Crippen LogP contribution in [0.15, 0.2) is 41.8 Å². The fourth-order valence-electron chi connectivity index (χ4n) is 3.76. The number of phenols is 1. The Balaban J connectivity index is 1.63. The summed E-state index contributed by atoms with van der Waals surface area (Å²) < 4.78 is 5.29. The van der Waals surface area contributed by atoms with E-state index in [0.717, 1.165) is 18.4 Å². The molecule has 0 saturated carbocycles. The Morgan fingerprint density at radius 1 is 1.05 bits per heavy atom. The zero-order chi connectivity index (χ0) is 27.7. The third kappa shape index (κ3) is 8.27. The average Bonchev–Trinajstić information content (AvgIpc) is 3.38. The van der Waals surface area contributed by atoms with Gasteiger partial charge in [0, 0.05) is 13.1 Å². The fourth-order valence-corrected chi connectivity index (χ4v) is 4.40. The van der Waals surface area contributed by atoms with Gasteiger partial charge in [0.05, 0.1) is 27.9 Å². The van der Waals surface area contributed by atoms with E-state index in [1.54, 1.807) is 57.3 Å². The monoisotopic (exact) mass is 539 g/mol. The maximum atomic E-state index is 13.2. The maximum absolute atomic E-state index is 13.2. The zero-order valence-corrected chi connectivity index (χ0v) is 22.7. The molecule has 3 rings (SSSR count). The summed E-state index contributed by atoms with van der Waals surface area (Å²) in [6.07, 6.45) is 1.18. The van der Waals surface area contributed by atoms with Gasteiger partial charge in [-0.1, -0.05) is 18.2 Å². The summed E-state index contributed by atoms with van der Waals surface area (Å²) in [5, 5.41) is 19.9. The van der Waals surface area contributed by atoms with Gasteiger partial charge < -0.3 is 25.8 Å². The van der Waals surface area contributed by atoms with E-state index in [-0.39, 0.29) is 29.9 Å². The highest BCUT2D eigenvalue weighted by Crippen LogP contribution is 2.15. The van der Waals surface area contributed by atoms with E-state index < -0.39 is 17.9 Å². The number of carbonyl (C=O) groups excluding carboxylic acids is 3. The summed E-state index contributed by atoms with van der Waals surface area (Å²) in [6.45, 7) is 7.28. The van der Waals surface area contributed by atoms with Crippen LogP contribution in [-0.2, 0) is 16.0 Å². The number of nitrogens with one attached hydrogen (secondary N) is 3. The predicted molar refractivity (Wildman–Crippen MR) is 146 cm³/mol. The smallest absolute Gasteiger partial charge is 0.330 e. The molecule has 0 spiro atoms. The highest BCUT2D eigenvalue weighted by atomic mass is 32.1. The minimum absolute atomic E-state index is 0.133. The second-order valence-corrected chi connectivity index (χ2v) is 9.94. The van der Waals surface area contributed by atoms with E-state index in [9.17, 15) is 19.5 Å².